The lowest BCUT2D eigenvalue weighted by Crippen LogP contribution is -2.23. The van der Waals surface area contributed by atoms with Gasteiger partial charge in [-0.15, -0.1) is 11.3 Å². The average molecular weight is 394 g/mol. The molecular formula is C17H16ClN3O4S. The first-order chi connectivity index (χ1) is 12.4. The van der Waals surface area contributed by atoms with E-state index >= 15 is 0 Å². The van der Waals surface area contributed by atoms with Crippen LogP contribution in [0.25, 0.3) is 11.0 Å². The molecule has 9 heteroatoms. The van der Waals surface area contributed by atoms with E-state index in [1.807, 2.05) is 16.0 Å². The number of nitrogens with zero attached hydrogens (tertiary/aromatic N) is 3. The van der Waals surface area contributed by atoms with E-state index in [9.17, 15) is 9.59 Å². The molecule has 0 aromatic carbocycles. The monoisotopic (exact) mass is 393 g/mol. The maximum Gasteiger partial charge on any atom is 0.341 e. The molecule has 0 spiro atoms. The van der Waals surface area contributed by atoms with Crippen LogP contribution in [0.5, 0.6) is 0 Å². The van der Waals surface area contributed by atoms with Crippen molar-refractivity contribution in [2.24, 2.45) is 0 Å². The molecule has 7 nitrogen and oxygen atoms in total. The Morgan fingerprint density at radius 3 is 3.00 bits per heavy atom. The van der Waals surface area contributed by atoms with Gasteiger partial charge < -0.3 is 14.1 Å². The summed E-state index contributed by atoms with van der Waals surface area (Å²) < 4.78 is 12.0. The topological polar surface area (TPSA) is 77.0 Å². The predicted molar refractivity (Wildman–Crippen MR) is 98.4 cm³/mol. The Bertz CT molecular complexity index is 1000. The molecule has 26 heavy (non-hydrogen) atoms. The van der Waals surface area contributed by atoms with Crippen LogP contribution in [0.2, 0.25) is 5.15 Å². The molecule has 3 heterocycles. The van der Waals surface area contributed by atoms with E-state index in [1.165, 1.54) is 29.4 Å². The van der Waals surface area contributed by atoms with Gasteiger partial charge in [-0.2, -0.15) is 0 Å². The molecule has 0 bridgehead atoms. The molecule has 0 fully saturated rings. The van der Waals surface area contributed by atoms with Crippen molar-refractivity contribution in [3.05, 3.63) is 51.7 Å². The molecule has 0 N–H and O–H groups in total. The number of fused-ring (bicyclic) bond motifs is 1. The number of methoxy groups -OCH3 is 1. The molecule has 0 aliphatic heterocycles. The van der Waals surface area contributed by atoms with Crippen LogP contribution in [0.1, 0.15) is 27.6 Å². The fourth-order valence-electron chi connectivity index (χ4n) is 2.45. The van der Waals surface area contributed by atoms with Crippen LogP contribution in [0.15, 0.2) is 28.1 Å². The Labute approximate surface area is 158 Å². The minimum atomic E-state index is -0.471. The van der Waals surface area contributed by atoms with Crippen molar-refractivity contribution in [3.8, 4) is 0 Å². The Morgan fingerprint density at radius 1 is 1.50 bits per heavy atom. The maximum atomic E-state index is 12.3. The molecule has 0 aliphatic rings. The predicted octanol–water partition coefficient (Wildman–Crippen LogP) is 3.41. The van der Waals surface area contributed by atoms with E-state index in [2.05, 4.69) is 4.98 Å². The van der Waals surface area contributed by atoms with Crippen LogP contribution >= 0.6 is 22.9 Å². The second-order valence-electron chi connectivity index (χ2n) is 5.55. The Balaban J connectivity index is 1.71. The third kappa shape index (κ3) is 3.51. The molecule has 3 aromatic heterocycles. The van der Waals surface area contributed by atoms with Gasteiger partial charge in [0.15, 0.2) is 10.1 Å². The van der Waals surface area contributed by atoms with Crippen LogP contribution in [0, 0.1) is 6.92 Å². The molecule has 0 unspecified atom stereocenters. The van der Waals surface area contributed by atoms with Gasteiger partial charge in [0.25, 0.3) is 0 Å². The van der Waals surface area contributed by atoms with Crippen molar-refractivity contribution in [3.63, 3.8) is 0 Å². The molecule has 0 aliphatic carbocycles. The standard InChI is InChI=1S/C17H16ClN3O4S/c1-10-12(16(23)24-3)8-11(25-10)9-20(2)14(22)5-4-13-15(18)19-17-21(13)6-7-26-17/h4-8H,9H2,1-3H3/b5-4+. The van der Waals surface area contributed by atoms with E-state index in [-0.39, 0.29) is 12.5 Å². The fourth-order valence-corrected chi connectivity index (χ4v) is 3.45. The number of esters is 1. The molecule has 3 aromatic rings. The van der Waals surface area contributed by atoms with E-state index < -0.39 is 5.97 Å². The number of carbonyl (C=O) groups is 2. The summed E-state index contributed by atoms with van der Waals surface area (Å²) in [5, 5.41) is 2.23. The molecule has 1 amide bonds. The van der Waals surface area contributed by atoms with Gasteiger partial charge >= 0.3 is 5.97 Å². The zero-order valence-electron chi connectivity index (χ0n) is 14.4. The van der Waals surface area contributed by atoms with Crippen LogP contribution in [-0.2, 0) is 16.1 Å². The number of amides is 1. The van der Waals surface area contributed by atoms with Crippen LogP contribution in [0.4, 0.5) is 0 Å². The summed E-state index contributed by atoms with van der Waals surface area (Å²) >= 11 is 7.57. The zero-order valence-corrected chi connectivity index (χ0v) is 15.9. The SMILES string of the molecule is COC(=O)c1cc(CN(C)C(=O)/C=C/c2c(Cl)nc3sccn23)oc1C. The molecule has 0 saturated carbocycles. The summed E-state index contributed by atoms with van der Waals surface area (Å²) in [7, 11) is 2.95. The first kappa shape index (κ1) is 18.2. The quantitative estimate of drug-likeness (QED) is 0.490. The number of imidazole rings is 1. The lowest BCUT2D eigenvalue weighted by atomic mass is 10.2. The summed E-state index contributed by atoms with van der Waals surface area (Å²) in [5.74, 6) is 0.241. The van der Waals surface area contributed by atoms with Gasteiger partial charge in [-0.3, -0.25) is 9.20 Å². The second kappa shape index (κ2) is 7.35. The largest absolute Gasteiger partial charge is 0.465 e. The molecule has 0 radical (unpaired) electrons. The lowest BCUT2D eigenvalue weighted by Gasteiger charge is -2.12. The van der Waals surface area contributed by atoms with Crippen molar-refractivity contribution in [2.75, 3.05) is 14.2 Å². The van der Waals surface area contributed by atoms with Gasteiger partial charge in [0, 0.05) is 24.7 Å². The minimum Gasteiger partial charge on any atom is -0.465 e. The van der Waals surface area contributed by atoms with Crippen molar-refractivity contribution in [1.29, 1.82) is 0 Å². The highest BCUT2D eigenvalue weighted by Gasteiger charge is 2.17. The highest BCUT2D eigenvalue weighted by atomic mass is 35.5. The van der Waals surface area contributed by atoms with E-state index in [0.29, 0.717) is 27.9 Å². The maximum absolute atomic E-state index is 12.3. The number of carbonyl (C=O) groups excluding carboxylic acids is 2. The number of aryl methyl sites for hydroxylation is 1. The third-order valence-corrected chi connectivity index (χ3v) is 4.82. The number of furan rings is 1. The van der Waals surface area contributed by atoms with Crippen molar-refractivity contribution in [1.82, 2.24) is 14.3 Å². The molecule has 136 valence electrons. The zero-order chi connectivity index (χ0) is 18.8. The highest BCUT2D eigenvalue weighted by Crippen LogP contribution is 2.22. The van der Waals surface area contributed by atoms with Gasteiger partial charge in [-0.25, -0.2) is 9.78 Å². The number of thiazole rings is 1. The lowest BCUT2D eigenvalue weighted by molar-refractivity contribution is -0.125. The Morgan fingerprint density at radius 2 is 2.27 bits per heavy atom. The highest BCUT2D eigenvalue weighted by molar-refractivity contribution is 7.15. The number of halogens is 1. The number of hydrogen-bond donors (Lipinski definition) is 0. The summed E-state index contributed by atoms with van der Waals surface area (Å²) in [6, 6.07) is 1.58. The molecule has 0 atom stereocenters. The van der Waals surface area contributed by atoms with Gasteiger partial charge in [-0.1, -0.05) is 11.6 Å². The van der Waals surface area contributed by atoms with Gasteiger partial charge in [0.2, 0.25) is 5.91 Å². The molecular weight excluding hydrogens is 378 g/mol. The Kier molecular flexibility index (Phi) is 5.15. The van der Waals surface area contributed by atoms with Gasteiger partial charge in [0.1, 0.15) is 17.1 Å². The first-order valence-electron chi connectivity index (χ1n) is 7.62. The van der Waals surface area contributed by atoms with E-state index in [1.54, 1.807) is 26.1 Å². The van der Waals surface area contributed by atoms with Crippen molar-refractivity contribution in [2.45, 2.75) is 13.5 Å². The minimum absolute atomic E-state index is 0.217. The molecule has 0 saturated heterocycles. The van der Waals surface area contributed by atoms with Crippen LogP contribution in [-0.4, -0.2) is 40.3 Å². The normalized spacial score (nSPS) is 11.4. The number of hydrogen-bond acceptors (Lipinski definition) is 6. The smallest absolute Gasteiger partial charge is 0.341 e. The van der Waals surface area contributed by atoms with Gasteiger partial charge in [-0.05, 0) is 19.1 Å². The fraction of sp³-hybridized carbons (Fsp3) is 0.235. The van der Waals surface area contributed by atoms with Crippen molar-refractivity contribution < 1.29 is 18.7 Å². The third-order valence-electron chi connectivity index (χ3n) is 3.78. The van der Waals surface area contributed by atoms with Gasteiger partial charge in [0.05, 0.1) is 19.3 Å². The number of ether oxygens (including phenoxy) is 1. The molecule has 3 rings (SSSR count). The number of aromatic nitrogens is 2. The van der Waals surface area contributed by atoms with Crippen LogP contribution < -0.4 is 0 Å². The van der Waals surface area contributed by atoms with E-state index in [0.717, 1.165) is 4.96 Å². The summed E-state index contributed by atoms with van der Waals surface area (Å²) in [6.07, 6.45) is 4.89. The summed E-state index contributed by atoms with van der Waals surface area (Å²) in [5.41, 5.74) is 0.997. The number of likely N-dealkylation sites (N-methyl/N-ethyl adjacent to an activating group) is 1. The second-order valence-corrected chi connectivity index (χ2v) is 6.78. The number of rotatable bonds is 5. The Hall–Kier alpha value is -2.58. The van der Waals surface area contributed by atoms with Crippen molar-refractivity contribution >= 4 is 45.9 Å². The van der Waals surface area contributed by atoms with E-state index in [4.69, 9.17) is 20.8 Å². The summed E-state index contributed by atoms with van der Waals surface area (Å²) in [6.45, 7) is 1.89. The van der Waals surface area contributed by atoms with Crippen LogP contribution in [0.3, 0.4) is 0 Å². The summed E-state index contributed by atoms with van der Waals surface area (Å²) in [4.78, 5) is 30.4. The first-order valence-corrected chi connectivity index (χ1v) is 8.88. The average Bonchev–Trinajstić information content (AvgIpc) is 3.27.